The topological polar surface area (TPSA) is 73.9 Å². The van der Waals surface area contributed by atoms with Crippen LogP contribution >= 0.6 is 0 Å². The van der Waals surface area contributed by atoms with Gasteiger partial charge in [-0.1, -0.05) is 30.3 Å². The summed E-state index contributed by atoms with van der Waals surface area (Å²) in [6, 6.07) is 13.4. The molecule has 1 N–H and O–H groups in total. The van der Waals surface area contributed by atoms with E-state index in [1.807, 2.05) is 30.3 Å². The van der Waals surface area contributed by atoms with Crippen molar-refractivity contribution in [2.24, 2.45) is 0 Å². The quantitative estimate of drug-likeness (QED) is 0.781. The van der Waals surface area contributed by atoms with Gasteiger partial charge in [0.2, 0.25) is 0 Å². The predicted molar refractivity (Wildman–Crippen MR) is 93.0 cm³/mol. The molecule has 0 aliphatic rings. The maximum Gasteiger partial charge on any atom is 0.328 e. The Hall–Kier alpha value is -3.02. The molecule has 2 aromatic carbocycles. The summed E-state index contributed by atoms with van der Waals surface area (Å²) in [5.74, 6) is 0.0608. The van der Waals surface area contributed by atoms with Crippen LogP contribution < -0.4 is 14.8 Å². The highest BCUT2D eigenvalue weighted by atomic mass is 16.5. The summed E-state index contributed by atoms with van der Waals surface area (Å²) >= 11 is 0. The van der Waals surface area contributed by atoms with E-state index in [-0.39, 0.29) is 0 Å². The molecule has 0 radical (unpaired) electrons. The summed E-state index contributed by atoms with van der Waals surface area (Å²) in [6.45, 7) is 0. The Morgan fingerprint density at radius 2 is 1.64 bits per heavy atom. The van der Waals surface area contributed by atoms with Gasteiger partial charge in [0, 0.05) is 12.0 Å². The number of carbonyl (C=O) groups excluding carboxylic acids is 2. The number of carbonyl (C=O) groups is 2. The fourth-order valence-electron chi connectivity index (χ4n) is 2.40. The highest BCUT2D eigenvalue weighted by Gasteiger charge is 2.23. The van der Waals surface area contributed by atoms with E-state index in [1.165, 1.54) is 21.3 Å². The first-order valence-corrected chi connectivity index (χ1v) is 7.73. The van der Waals surface area contributed by atoms with Crippen molar-refractivity contribution in [2.75, 3.05) is 21.3 Å². The van der Waals surface area contributed by atoms with Crippen molar-refractivity contribution in [3.8, 4) is 11.5 Å². The van der Waals surface area contributed by atoms with E-state index >= 15 is 0 Å². The van der Waals surface area contributed by atoms with Crippen molar-refractivity contribution in [2.45, 2.75) is 12.5 Å². The van der Waals surface area contributed by atoms with Gasteiger partial charge in [-0.3, -0.25) is 4.79 Å². The highest BCUT2D eigenvalue weighted by Crippen LogP contribution is 2.27. The van der Waals surface area contributed by atoms with Crippen molar-refractivity contribution in [3.63, 3.8) is 0 Å². The van der Waals surface area contributed by atoms with E-state index in [9.17, 15) is 9.59 Å². The average molecular weight is 343 g/mol. The number of rotatable bonds is 7. The minimum Gasteiger partial charge on any atom is -0.493 e. The number of methoxy groups -OCH3 is 3. The van der Waals surface area contributed by atoms with Crippen LogP contribution in [0.1, 0.15) is 15.9 Å². The zero-order chi connectivity index (χ0) is 18.2. The van der Waals surface area contributed by atoms with E-state index in [4.69, 9.17) is 14.2 Å². The van der Waals surface area contributed by atoms with Gasteiger partial charge in [0.05, 0.1) is 21.3 Å². The summed E-state index contributed by atoms with van der Waals surface area (Å²) < 4.78 is 15.2. The van der Waals surface area contributed by atoms with Crippen molar-refractivity contribution < 1.29 is 23.8 Å². The molecule has 0 aliphatic carbocycles. The lowest BCUT2D eigenvalue weighted by molar-refractivity contribution is -0.142. The first kappa shape index (κ1) is 18.3. The van der Waals surface area contributed by atoms with Gasteiger partial charge < -0.3 is 19.5 Å². The van der Waals surface area contributed by atoms with Crippen LogP contribution in [0.25, 0.3) is 0 Å². The molecule has 0 unspecified atom stereocenters. The van der Waals surface area contributed by atoms with Gasteiger partial charge in [-0.25, -0.2) is 4.79 Å². The van der Waals surface area contributed by atoms with E-state index in [1.54, 1.807) is 18.2 Å². The van der Waals surface area contributed by atoms with Crippen LogP contribution in [0.5, 0.6) is 11.5 Å². The minimum absolute atomic E-state index is 0.340. The Balaban J connectivity index is 2.17. The lowest BCUT2D eigenvalue weighted by atomic mass is 10.1. The van der Waals surface area contributed by atoms with Crippen LogP contribution in [0.2, 0.25) is 0 Å². The first-order chi connectivity index (χ1) is 12.1. The van der Waals surface area contributed by atoms with Gasteiger partial charge in [-0.15, -0.1) is 0 Å². The third-order valence-electron chi connectivity index (χ3n) is 3.72. The number of nitrogens with one attached hydrogen (secondary N) is 1. The maximum atomic E-state index is 12.5. The summed E-state index contributed by atoms with van der Waals surface area (Å²) in [4.78, 5) is 24.5. The van der Waals surface area contributed by atoms with Gasteiger partial charge in [-0.05, 0) is 23.8 Å². The number of esters is 1. The monoisotopic (exact) mass is 343 g/mol. The second-order valence-corrected chi connectivity index (χ2v) is 5.31. The third-order valence-corrected chi connectivity index (χ3v) is 3.72. The Labute approximate surface area is 146 Å². The molecule has 1 amide bonds. The van der Waals surface area contributed by atoms with Crippen LogP contribution in [-0.4, -0.2) is 39.2 Å². The number of ether oxygens (including phenoxy) is 3. The van der Waals surface area contributed by atoms with Gasteiger partial charge in [-0.2, -0.15) is 0 Å². The van der Waals surface area contributed by atoms with Crippen molar-refractivity contribution in [3.05, 3.63) is 59.7 Å². The van der Waals surface area contributed by atoms with E-state index < -0.39 is 17.9 Å². The minimum atomic E-state index is -0.784. The average Bonchev–Trinajstić information content (AvgIpc) is 2.66. The summed E-state index contributed by atoms with van der Waals surface area (Å²) in [5.41, 5.74) is 1.28. The molecular formula is C19H21NO5. The Morgan fingerprint density at radius 1 is 0.960 bits per heavy atom. The van der Waals surface area contributed by atoms with Crippen LogP contribution in [0.3, 0.4) is 0 Å². The molecule has 1 atom stereocenters. The van der Waals surface area contributed by atoms with Crippen molar-refractivity contribution in [1.82, 2.24) is 5.32 Å². The summed E-state index contributed by atoms with van der Waals surface area (Å²) in [5, 5.41) is 2.71. The van der Waals surface area contributed by atoms with E-state index in [0.717, 1.165) is 5.56 Å². The van der Waals surface area contributed by atoms with Crippen LogP contribution in [0, 0.1) is 0 Å². The molecule has 2 aromatic rings. The molecule has 6 nitrogen and oxygen atoms in total. The Morgan fingerprint density at radius 3 is 2.24 bits per heavy atom. The van der Waals surface area contributed by atoms with Gasteiger partial charge in [0.1, 0.15) is 6.04 Å². The molecule has 0 saturated heterocycles. The molecule has 2 rings (SSSR count). The van der Waals surface area contributed by atoms with Gasteiger partial charge in [0.15, 0.2) is 11.5 Å². The molecule has 0 aliphatic heterocycles. The molecule has 6 heteroatoms. The zero-order valence-electron chi connectivity index (χ0n) is 14.4. The molecule has 0 saturated carbocycles. The third kappa shape index (κ3) is 4.73. The van der Waals surface area contributed by atoms with E-state index in [0.29, 0.717) is 23.5 Å². The van der Waals surface area contributed by atoms with Crippen molar-refractivity contribution in [1.29, 1.82) is 0 Å². The van der Waals surface area contributed by atoms with Crippen LogP contribution in [0.15, 0.2) is 48.5 Å². The normalized spacial score (nSPS) is 11.3. The number of hydrogen-bond donors (Lipinski definition) is 1. The lowest BCUT2D eigenvalue weighted by Gasteiger charge is -2.17. The predicted octanol–water partition coefficient (Wildman–Crippen LogP) is 2.22. The largest absolute Gasteiger partial charge is 0.493 e. The van der Waals surface area contributed by atoms with Crippen LogP contribution in [-0.2, 0) is 16.0 Å². The molecule has 0 bridgehead atoms. The number of hydrogen-bond acceptors (Lipinski definition) is 5. The van der Waals surface area contributed by atoms with Crippen molar-refractivity contribution >= 4 is 11.9 Å². The van der Waals surface area contributed by atoms with Gasteiger partial charge >= 0.3 is 5.97 Å². The number of amides is 1. The lowest BCUT2D eigenvalue weighted by Crippen LogP contribution is -2.43. The molecule has 25 heavy (non-hydrogen) atoms. The molecule has 0 aromatic heterocycles. The fraction of sp³-hybridized carbons (Fsp3) is 0.263. The van der Waals surface area contributed by atoms with Gasteiger partial charge in [0.25, 0.3) is 5.91 Å². The standard InChI is InChI=1S/C19H21NO5/c1-23-16-10-9-14(12-17(16)24-2)18(21)20-15(19(22)25-3)11-13-7-5-4-6-8-13/h4-10,12,15H,11H2,1-3H3,(H,20,21)/t15-/m0/s1. The fourth-order valence-corrected chi connectivity index (χ4v) is 2.40. The zero-order valence-corrected chi connectivity index (χ0v) is 14.4. The Bertz CT molecular complexity index is 730. The molecular weight excluding hydrogens is 322 g/mol. The second-order valence-electron chi connectivity index (χ2n) is 5.31. The molecule has 0 heterocycles. The first-order valence-electron chi connectivity index (χ1n) is 7.73. The van der Waals surface area contributed by atoms with Crippen LogP contribution in [0.4, 0.5) is 0 Å². The smallest absolute Gasteiger partial charge is 0.328 e. The Kier molecular flexibility index (Phi) is 6.39. The summed E-state index contributed by atoms with van der Waals surface area (Å²) in [6.07, 6.45) is 0.340. The molecule has 0 spiro atoms. The highest BCUT2D eigenvalue weighted by molar-refractivity contribution is 5.97. The second kappa shape index (κ2) is 8.73. The number of benzene rings is 2. The SMILES string of the molecule is COC(=O)[C@H](Cc1ccccc1)NC(=O)c1ccc(OC)c(OC)c1. The van der Waals surface area contributed by atoms with E-state index in [2.05, 4.69) is 5.32 Å². The maximum absolute atomic E-state index is 12.5. The summed E-state index contributed by atoms with van der Waals surface area (Å²) in [7, 11) is 4.31. The molecule has 0 fully saturated rings. The molecule has 132 valence electrons.